The van der Waals surface area contributed by atoms with Gasteiger partial charge in [-0.25, -0.2) is 0 Å². The van der Waals surface area contributed by atoms with Gasteiger partial charge in [0, 0.05) is 11.6 Å². The molecule has 0 spiro atoms. The number of ether oxygens (including phenoxy) is 1. The number of hydrogen-bond acceptors (Lipinski definition) is 6. The third-order valence-corrected chi connectivity index (χ3v) is 4.84. The summed E-state index contributed by atoms with van der Waals surface area (Å²) < 4.78 is 34.9. The predicted octanol–water partition coefficient (Wildman–Crippen LogP) is 4.86. The number of carbonyl (C=O) groups is 1. The maximum Gasteiger partial charge on any atom is 0.306 e. The number of benzene rings is 2. The summed E-state index contributed by atoms with van der Waals surface area (Å²) in [5, 5.41) is 19.9. The number of nitriles is 1. The van der Waals surface area contributed by atoms with Crippen molar-refractivity contribution in [3.05, 3.63) is 88.7 Å². The van der Waals surface area contributed by atoms with Crippen molar-refractivity contribution in [2.24, 2.45) is 0 Å². The molecule has 1 amide bonds. The molecule has 2 aromatic heterocycles. The van der Waals surface area contributed by atoms with E-state index in [4.69, 9.17) is 21.6 Å². The number of alkyl halides is 2. The second-order valence-electron chi connectivity index (χ2n) is 6.89. The first kappa shape index (κ1) is 22.0. The lowest BCUT2D eigenvalue weighted by Gasteiger charge is -2.17. The van der Waals surface area contributed by atoms with Gasteiger partial charge in [0.25, 0.3) is 11.8 Å². The first-order chi connectivity index (χ1) is 15.9. The zero-order chi connectivity index (χ0) is 23.4. The molecule has 0 bridgehead atoms. The highest BCUT2D eigenvalue weighted by molar-refractivity contribution is 6.30. The van der Waals surface area contributed by atoms with Crippen LogP contribution in [0.1, 0.15) is 21.6 Å². The van der Waals surface area contributed by atoms with Gasteiger partial charge in [-0.2, -0.15) is 14.0 Å². The number of nitrogens with one attached hydrogen (secondary N) is 1. The number of aromatic nitrogens is 3. The van der Waals surface area contributed by atoms with Crippen LogP contribution in [0.3, 0.4) is 0 Å². The molecule has 10 heteroatoms. The quantitative estimate of drug-likeness (QED) is 0.436. The van der Waals surface area contributed by atoms with E-state index in [1.807, 2.05) is 6.07 Å². The molecule has 0 atom stereocenters. The lowest BCUT2D eigenvalue weighted by atomic mass is 10.1. The van der Waals surface area contributed by atoms with Crippen molar-refractivity contribution < 1.29 is 18.3 Å². The Morgan fingerprint density at radius 1 is 1.12 bits per heavy atom. The summed E-state index contributed by atoms with van der Waals surface area (Å²) in [4.78, 5) is 16.7. The molecule has 0 aliphatic carbocycles. The molecule has 2 aromatic carbocycles. The van der Waals surface area contributed by atoms with Crippen molar-refractivity contribution in [2.75, 3.05) is 6.54 Å². The minimum atomic E-state index is -3.45. The molecule has 0 saturated carbocycles. The normalized spacial score (nSPS) is 11.1. The van der Waals surface area contributed by atoms with Crippen LogP contribution >= 0.6 is 11.6 Å². The molecule has 0 fully saturated rings. The first-order valence-electron chi connectivity index (χ1n) is 9.59. The van der Waals surface area contributed by atoms with Gasteiger partial charge in [-0.1, -0.05) is 35.9 Å². The molecule has 1 N–H and O–H groups in total. The van der Waals surface area contributed by atoms with E-state index >= 15 is 0 Å². The molecule has 4 aromatic rings. The Morgan fingerprint density at radius 3 is 2.70 bits per heavy atom. The molecule has 164 valence electrons. The fourth-order valence-corrected chi connectivity index (χ4v) is 3.14. The van der Waals surface area contributed by atoms with E-state index in [-0.39, 0.29) is 22.2 Å². The van der Waals surface area contributed by atoms with Crippen LogP contribution in [0.4, 0.5) is 8.78 Å². The summed E-state index contributed by atoms with van der Waals surface area (Å²) in [5.74, 6) is -4.22. The average Bonchev–Trinajstić information content (AvgIpc) is 2.83. The molecule has 7 nitrogen and oxygen atoms in total. The van der Waals surface area contributed by atoms with E-state index in [1.165, 1.54) is 12.1 Å². The highest BCUT2D eigenvalue weighted by Crippen LogP contribution is 2.30. The molecule has 0 aliphatic heterocycles. The Hall–Kier alpha value is -4.16. The van der Waals surface area contributed by atoms with Crippen LogP contribution < -0.4 is 10.1 Å². The lowest BCUT2D eigenvalue weighted by molar-refractivity contribution is -0.00676. The summed E-state index contributed by atoms with van der Waals surface area (Å²) in [7, 11) is 0. The number of halogens is 3. The molecular formula is C23H14ClF2N5O2. The zero-order valence-electron chi connectivity index (χ0n) is 16.8. The van der Waals surface area contributed by atoms with Crippen molar-refractivity contribution in [3.63, 3.8) is 0 Å². The topological polar surface area (TPSA) is 101 Å². The molecule has 0 saturated heterocycles. The van der Waals surface area contributed by atoms with Crippen molar-refractivity contribution in [1.82, 2.24) is 20.5 Å². The Balaban J connectivity index is 1.66. The maximum absolute atomic E-state index is 14.6. The van der Waals surface area contributed by atoms with E-state index in [1.54, 1.807) is 42.5 Å². The van der Waals surface area contributed by atoms with E-state index in [0.717, 1.165) is 12.3 Å². The predicted molar refractivity (Wildman–Crippen MR) is 116 cm³/mol. The summed E-state index contributed by atoms with van der Waals surface area (Å²) in [6.07, 6.45) is 1.11. The average molecular weight is 466 g/mol. The van der Waals surface area contributed by atoms with Gasteiger partial charge >= 0.3 is 5.92 Å². The zero-order valence-corrected chi connectivity index (χ0v) is 17.6. The largest absolute Gasteiger partial charge is 0.437 e. The summed E-state index contributed by atoms with van der Waals surface area (Å²) in [5.41, 5.74) is 0.117. The summed E-state index contributed by atoms with van der Waals surface area (Å²) >= 11 is 5.71. The lowest BCUT2D eigenvalue weighted by Crippen LogP contribution is -2.35. The van der Waals surface area contributed by atoms with Crippen LogP contribution in [0.2, 0.25) is 5.02 Å². The van der Waals surface area contributed by atoms with Crippen LogP contribution in [0, 0.1) is 11.3 Å². The molecule has 33 heavy (non-hydrogen) atoms. The minimum Gasteiger partial charge on any atom is -0.437 e. The van der Waals surface area contributed by atoms with Gasteiger partial charge in [-0.15, -0.1) is 10.2 Å². The minimum absolute atomic E-state index is 0.0668. The summed E-state index contributed by atoms with van der Waals surface area (Å²) in [6.45, 7) is -1.01. The van der Waals surface area contributed by atoms with Crippen molar-refractivity contribution in [3.8, 4) is 17.7 Å². The van der Waals surface area contributed by atoms with E-state index in [0.29, 0.717) is 16.5 Å². The Kier molecular flexibility index (Phi) is 6.11. The number of nitrogens with zero attached hydrogens (tertiary/aromatic N) is 4. The van der Waals surface area contributed by atoms with Crippen molar-refractivity contribution in [1.29, 1.82) is 5.26 Å². The van der Waals surface area contributed by atoms with Crippen LogP contribution in [-0.4, -0.2) is 27.6 Å². The molecule has 2 heterocycles. The number of pyridine rings is 1. The number of carbonyl (C=O) groups excluding carboxylic acids is 1. The van der Waals surface area contributed by atoms with Crippen LogP contribution in [0.15, 0.2) is 66.9 Å². The van der Waals surface area contributed by atoms with E-state index in [9.17, 15) is 13.6 Å². The maximum atomic E-state index is 14.6. The van der Waals surface area contributed by atoms with E-state index in [2.05, 4.69) is 20.5 Å². The SMILES string of the molecule is N#Cc1cccc(Oc2nnc3ccccc3c2C(=O)NCC(F)(F)c2ccc(Cl)cn2)c1. The summed E-state index contributed by atoms with van der Waals surface area (Å²) in [6, 6.07) is 17.2. The third kappa shape index (κ3) is 4.86. The van der Waals surface area contributed by atoms with Gasteiger partial charge < -0.3 is 10.1 Å². The highest BCUT2D eigenvalue weighted by atomic mass is 35.5. The number of amides is 1. The number of rotatable bonds is 6. The second kappa shape index (κ2) is 9.14. The monoisotopic (exact) mass is 465 g/mol. The fraction of sp³-hybridized carbons (Fsp3) is 0.0870. The van der Waals surface area contributed by atoms with Gasteiger partial charge in [0.1, 0.15) is 17.0 Å². The smallest absolute Gasteiger partial charge is 0.306 e. The molecule has 0 radical (unpaired) electrons. The molecule has 4 rings (SSSR count). The Morgan fingerprint density at radius 2 is 1.94 bits per heavy atom. The van der Waals surface area contributed by atoms with E-state index < -0.39 is 24.1 Å². The standard InChI is InChI=1S/C23H14ClF2N5O2/c24-15-8-9-19(28-12-15)23(25,26)13-29-21(32)20-17-6-1-2-7-18(17)30-31-22(20)33-16-5-3-4-14(10-16)11-27/h1-10,12H,13H2,(H,29,32). The van der Waals surface area contributed by atoms with Crippen molar-refractivity contribution >= 4 is 28.4 Å². The number of fused-ring (bicyclic) bond motifs is 1. The Labute approximate surface area is 191 Å². The Bertz CT molecular complexity index is 1370. The van der Waals surface area contributed by atoms with Gasteiger partial charge in [0.2, 0.25) is 0 Å². The highest BCUT2D eigenvalue weighted by Gasteiger charge is 2.34. The van der Waals surface area contributed by atoms with Gasteiger partial charge in [0.05, 0.1) is 28.7 Å². The van der Waals surface area contributed by atoms with Crippen LogP contribution in [0.25, 0.3) is 10.9 Å². The van der Waals surface area contributed by atoms with Crippen LogP contribution in [0.5, 0.6) is 11.6 Å². The molecular weight excluding hydrogens is 452 g/mol. The fourth-order valence-electron chi connectivity index (χ4n) is 3.03. The third-order valence-electron chi connectivity index (χ3n) is 4.61. The number of hydrogen-bond donors (Lipinski definition) is 1. The molecule has 0 aliphatic rings. The second-order valence-corrected chi connectivity index (χ2v) is 7.32. The molecule has 0 unspecified atom stereocenters. The van der Waals surface area contributed by atoms with Crippen LogP contribution in [-0.2, 0) is 5.92 Å². The first-order valence-corrected chi connectivity index (χ1v) is 9.97. The van der Waals surface area contributed by atoms with Gasteiger partial charge in [-0.05, 0) is 36.4 Å². The van der Waals surface area contributed by atoms with Gasteiger partial charge in [0.15, 0.2) is 0 Å². The van der Waals surface area contributed by atoms with Gasteiger partial charge in [-0.3, -0.25) is 9.78 Å². The van der Waals surface area contributed by atoms with Crippen molar-refractivity contribution in [2.45, 2.75) is 5.92 Å².